The van der Waals surface area contributed by atoms with Crippen LogP contribution in [0.15, 0.2) is 24.3 Å². The van der Waals surface area contributed by atoms with Gasteiger partial charge in [-0.1, -0.05) is 50.7 Å². The number of halogens is 2. The van der Waals surface area contributed by atoms with Crippen LogP contribution < -0.4 is 0 Å². The molecule has 6 heteroatoms. The molecule has 0 aromatic carbocycles. The summed E-state index contributed by atoms with van der Waals surface area (Å²) >= 11 is -0.556. The van der Waals surface area contributed by atoms with Crippen molar-refractivity contribution in [1.29, 1.82) is 0 Å². The van der Waals surface area contributed by atoms with E-state index in [2.05, 4.69) is 54.2 Å². The molecule has 0 aromatic heterocycles. The Labute approximate surface area is 167 Å². The van der Waals surface area contributed by atoms with Crippen LogP contribution in [-0.4, -0.2) is 39.0 Å². The van der Waals surface area contributed by atoms with E-state index in [0.717, 1.165) is 36.4 Å². The van der Waals surface area contributed by atoms with Gasteiger partial charge in [0.15, 0.2) is 0 Å². The van der Waals surface area contributed by atoms with Crippen molar-refractivity contribution >= 4 is 26.8 Å². The first-order valence-corrected chi connectivity index (χ1v) is 16.1. The van der Waals surface area contributed by atoms with Crippen molar-refractivity contribution < 1.29 is 17.0 Å². The van der Waals surface area contributed by atoms with Crippen LogP contribution in [0, 0.1) is 25.2 Å². The summed E-state index contributed by atoms with van der Waals surface area (Å²) in [7, 11) is 8.40. The van der Waals surface area contributed by atoms with Gasteiger partial charge in [0.25, 0.3) is 0 Å². The van der Waals surface area contributed by atoms with Crippen molar-refractivity contribution in [2.24, 2.45) is 17.8 Å². The summed E-state index contributed by atoms with van der Waals surface area (Å²) in [6, 6.07) is 0. The Morgan fingerprint density at radius 2 is 1.75 bits per heavy atom. The molecular formula is C18H32Cl2N2SiTi-2. The van der Waals surface area contributed by atoms with Crippen molar-refractivity contribution in [1.82, 2.24) is 4.57 Å². The van der Waals surface area contributed by atoms with Crippen LogP contribution in [0.5, 0.6) is 0 Å². The summed E-state index contributed by atoms with van der Waals surface area (Å²) in [5, 5.41) is 4.54. The number of hydrogen-bond acceptors (Lipinski definition) is 1. The number of fused-ring (bicyclic) bond motifs is 1. The second-order valence-electron chi connectivity index (χ2n) is 7.32. The van der Waals surface area contributed by atoms with Crippen molar-refractivity contribution in [3.63, 3.8) is 0 Å². The third kappa shape index (κ3) is 5.22. The van der Waals surface area contributed by atoms with E-state index in [1.807, 2.05) is 0 Å². The molecular weight excluding hydrogens is 391 g/mol. The van der Waals surface area contributed by atoms with Gasteiger partial charge in [-0.15, -0.1) is 13.1 Å². The molecule has 3 rings (SSSR count). The fourth-order valence-electron chi connectivity index (χ4n) is 4.96. The van der Waals surface area contributed by atoms with Crippen molar-refractivity contribution in [2.75, 3.05) is 26.2 Å². The van der Waals surface area contributed by atoms with E-state index in [-0.39, 0.29) is 7.43 Å². The van der Waals surface area contributed by atoms with Gasteiger partial charge in [0.05, 0.1) is 0 Å². The SMILES string of the molecule is CCC1CC2C=CC=CC2C1[Si](C)(C)N1CC[N-]CC1.[CH3-].[Cl][Ti][Cl]. The molecule has 4 atom stereocenters. The van der Waals surface area contributed by atoms with E-state index in [4.69, 9.17) is 18.6 Å². The van der Waals surface area contributed by atoms with Crippen LogP contribution in [0.1, 0.15) is 19.8 Å². The van der Waals surface area contributed by atoms with Gasteiger partial charge in [-0.3, -0.25) is 0 Å². The summed E-state index contributed by atoms with van der Waals surface area (Å²) in [4.78, 5) is 0. The molecule has 24 heavy (non-hydrogen) atoms. The number of hydrogen-bond donors (Lipinski definition) is 0. The molecule has 3 aliphatic rings. The standard InChI is InChI=1S/C17H29N2Si.CH3.2ClH.Ti/c1-4-14-13-15-7-5-6-8-16(15)17(14)20(2,3)19-11-9-18-10-12-19;;;;/h5-8,14-17H,4,9-13H2,1-3H3;1H3;2*1H;/q2*-1;;;+2/p-2. The van der Waals surface area contributed by atoms with E-state index in [1.165, 1.54) is 25.9 Å². The van der Waals surface area contributed by atoms with E-state index < -0.39 is 25.3 Å². The van der Waals surface area contributed by atoms with Gasteiger partial charge in [0, 0.05) is 0 Å². The molecule has 2 fully saturated rings. The maximum absolute atomic E-state index is 4.89. The van der Waals surface area contributed by atoms with Crippen LogP contribution in [0.3, 0.4) is 0 Å². The van der Waals surface area contributed by atoms with Crippen LogP contribution in [0.4, 0.5) is 0 Å². The molecule has 0 N–H and O–H groups in total. The molecule has 0 bridgehead atoms. The van der Waals surface area contributed by atoms with Gasteiger partial charge in [-0.25, -0.2) is 0 Å². The summed E-state index contributed by atoms with van der Waals surface area (Å²) < 4.78 is 2.85. The van der Waals surface area contributed by atoms with E-state index in [9.17, 15) is 0 Å². The van der Waals surface area contributed by atoms with Crippen LogP contribution in [0.2, 0.25) is 18.6 Å². The quantitative estimate of drug-likeness (QED) is 0.410. The van der Waals surface area contributed by atoms with Crippen molar-refractivity contribution in [3.8, 4) is 0 Å². The topological polar surface area (TPSA) is 17.3 Å². The third-order valence-electron chi connectivity index (χ3n) is 6.01. The van der Waals surface area contributed by atoms with Gasteiger partial charge in [-0.05, 0) is 42.8 Å². The second-order valence-corrected chi connectivity index (χ2v) is 14.5. The first kappa shape index (κ1) is 23.0. The molecule has 1 aliphatic heterocycles. The molecule has 1 saturated heterocycles. The average Bonchev–Trinajstić information content (AvgIpc) is 2.95. The Morgan fingerprint density at radius 1 is 1.17 bits per heavy atom. The molecule has 2 nitrogen and oxygen atoms in total. The fourth-order valence-corrected chi connectivity index (χ4v) is 9.56. The minimum absolute atomic E-state index is 0. The van der Waals surface area contributed by atoms with Crippen LogP contribution in [0.25, 0.3) is 5.32 Å². The zero-order valence-electron chi connectivity index (χ0n) is 15.5. The summed E-state index contributed by atoms with van der Waals surface area (Å²) in [6.45, 7) is 12.2. The number of piperazine rings is 1. The molecule has 0 amide bonds. The number of nitrogens with zero attached hydrogens (tertiary/aromatic N) is 2. The Bertz CT molecular complexity index is 425. The molecule has 1 heterocycles. The van der Waals surface area contributed by atoms with Gasteiger partial charge in [0.2, 0.25) is 0 Å². The summed E-state index contributed by atoms with van der Waals surface area (Å²) in [5.74, 6) is 2.56. The minimum atomic E-state index is -1.37. The number of rotatable bonds is 3. The zero-order chi connectivity index (χ0) is 16.9. The Morgan fingerprint density at radius 3 is 2.33 bits per heavy atom. The van der Waals surface area contributed by atoms with E-state index in [0.29, 0.717) is 0 Å². The zero-order valence-corrected chi connectivity index (χ0v) is 19.6. The average molecular weight is 423 g/mol. The van der Waals surface area contributed by atoms with Gasteiger partial charge in [-0.2, -0.15) is 0 Å². The van der Waals surface area contributed by atoms with Gasteiger partial charge < -0.3 is 17.3 Å². The van der Waals surface area contributed by atoms with E-state index in [1.54, 1.807) is 0 Å². The predicted molar refractivity (Wildman–Crippen MR) is 108 cm³/mol. The predicted octanol–water partition coefficient (Wildman–Crippen LogP) is 5.87. The maximum atomic E-state index is 4.89. The molecule has 0 spiro atoms. The van der Waals surface area contributed by atoms with Crippen LogP contribution >= 0.6 is 18.6 Å². The normalized spacial score (nSPS) is 32.4. The Hall–Kier alpha value is 0.911. The molecule has 138 valence electrons. The molecule has 0 radical (unpaired) electrons. The van der Waals surface area contributed by atoms with Crippen molar-refractivity contribution in [2.45, 2.75) is 38.4 Å². The summed E-state index contributed by atoms with van der Waals surface area (Å²) in [5.41, 5.74) is 0.928. The first-order chi connectivity index (χ1) is 11.1. The fraction of sp³-hybridized carbons (Fsp3) is 0.722. The Balaban J connectivity index is 0.000000671. The Kier molecular flexibility index (Phi) is 10.4. The van der Waals surface area contributed by atoms with Gasteiger partial charge in [0.1, 0.15) is 8.24 Å². The monoisotopic (exact) mass is 422 g/mol. The molecule has 4 unspecified atom stereocenters. The molecule has 0 aromatic rings. The summed E-state index contributed by atoms with van der Waals surface area (Å²) in [6.07, 6.45) is 12.3. The van der Waals surface area contributed by atoms with Crippen LogP contribution in [-0.2, 0) is 17.0 Å². The van der Waals surface area contributed by atoms with Crippen molar-refractivity contribution in [3.05, 3.63) is 37.0 Å². The molecule has 2 aliphatic carbocycles. The number of allylic oxidation sites excluding steroid dienone is 4. The third-order valence-corrected chi connectivity index (χ3v) is 10.6. The van der Waals surface area contributed by atoms with E-state index >= 15 is 0 Å². The first-order valence-electron chi connectivity index (χ1n) is 8.75. The second kappa shape index (κ2) is 10.9. The molecule has 1 saturated carbocycles. The van der Waals surface area contributed by atoms with Gasteiger partial charge >= 0.3 is 35.6 Å².